The number of ether oxygens (including phenoxy) is 1. The Morgan fingerprint density at radius 3 is 2.30 bits per heavy atom. The summed E-state index contributed by atoms with van der Waals surface area (Å²) in [6.45, 7) is 8.58. The summed E-state index contributed by atoms with van der Waals surface area (Å²) in [6, 6.07) is 12.6. The number of rotatable bonds is 5. The van der Waals surface area contributed by atoms with Gasteiger partial charge in [-0.15, -0.1) is 0 Å². The van der Waals surface area contributed by atoms with Gasteiger partial charge in [0.15, 0.2) is 0 Å². The second-order valence-electron chi connectivity index (χ2n) is 7.08. The van der Waals surface area contributed by atoms with Gasteiger partial charge in [0.05, 0.1) is 17.9 Å². The SMILES string of the molecule is Cc1cccc(N2C(=O)C(Cl)=C(c3ccc(OCC(C)C)cc3)C2=O)c1C. The lowest BCUT2D eigenvalue weighted by atomic mass is 10.1. The second-order valence-corrected chi connectivity index (χ2v) is 7.46. The number of amides is 2. The summed E-state index contributed by atoms with van der Waals surface area (Å²) < 4.78 is 5.67. The van der Waals surface area contributed by atoms with E-state index in [1.807, 2.05) is 26.0 Å². The highest BCUT2D eigenvalue weighted by atomic mass is 35.5. The van der Waals surface area contributed by atoms with Gasteiger partial charge in [-0.05, 0) is 54.7 Å². The number of imide groups is 1. The lowest BCUT2D eigenvalue weighted by Crippen LogP contribution is -2.31. The minimum atomic E-state index is -0.495. The first kappa shape index (κ1) is 19.2. The van der Waals surface area contributed by atoms with Crippen LogP contribution in [-0.2, 0) is 9.59 Å². The zero-order valence-corrected chi connectivity index (χ0v) is 16.6. The molecule has 2 aromatic rings. The number of hydrogen-bond donors (Lipinski definition) is 0. The number of anilines is 1. The van der Waals surface area contributed by atoms with Crippen LogP contribution >= 0.6 is 11.6 Å². The highest BCUT2D eigenvalue weighted by molar-refractivity contribution is 6.60. The molecule has 3 rings (SSSR count). The van der Waals surface area contributed by atoms with E-state index >= 15 is 0 Å². The van der Waals surface area contributed by atoms with Crippen molar-refractivity contribution in [3.8, 4) is 5.75 Å². The van der Waals surface area contributed by atoms with Crippen LogP contribution in [0.2, 0.25) is 0 Å². The molecule has 0 N–H and O–H groups in total. The maximum Gasteiger partial charge on any atom is 0.277 e. The van der Waals surface area contributed by atoms with Gasteiger partial charge in [-0.3, -0.25) is 9.59 Å². The Labute approximate surface area is 164 Å². The molecule has 2 amide bonds. The molecule has 1 heterocycles. The molecule has 0 bridgehead atoms. The van der Waals surface area contributed by atoms with E-state index in [2.05, 4.69) is 13.8 Å². The molecule has 4 nitrogen and oxygen atoms in total. The van der Waals surface area contributed by atoms with Crippen molar-refractivity contribution in [1.29, 1.82) is 0 Å². The van der Waals surface area contributed by atoms with Crippen LogP contribution < -0.4 is 9.64 Å². The zero-order chi connectivity index (χ0) is 19.7. The number of carbonyl (C=O) groups is 2. The van der Waals surface area contributed by atoms with Gasteiger partial charge in [0.2, 0.25) is 0 Å². The van der Waals surface area contributed by atoms with E-state index in [1.165, 1.54) is 0 Å². The monoisotopic (exact) mass is 383 g/mol. The van der Waals surface area contributed by atoms with Crippen LogP contribution in [0.4, 0.5) is 5.69 Å². The van der Waals surface area contributed by atoms with Crippen LogP contribution in [-0.4, -0.2) is 18.4 Å². The van der Waals surface area contributed by atoms with Crippen molar-refractivity contribution in [2.24, 2.45) is 5.92 Å². The van der Waals surface area contributed by atoms with Crippen molar-refractivity contribution in [2.45, 2.75) is 27.7 Å². The first-order valence-electron chi connectivity index (χ1n) is 8.89. The van der Waals surface area contributed by atoms with Crippen molar-refractivity contribution in [1.82, 2.24) is 0 Å². The first-order valence-corrected chi connectivity index (χ1v) is 9.27. The van der Waals surface area contributed by atoms with Gasteiger partial charge in [0, 0.05) is 0 Å². The Balaban J connectivity index is 1.92. The molecular weight excluding hydrogens is 362 g/mol. The average Bonchev–Trinajstić information content (AvgIpc) is 2.85. The summed E-state index contributed by atoms with van der Waals surface area (Å²) in [5.74, 6) is 0.231. The summed E-state index contributed by atoms with van der Waals surface area (Å²) in [4.78, 5) is 26.9. The van der Waals surface area contributed by atoms with E-state index in [1.54, 1.807) is 30.3 Å². The summed E-state index contributed by atoms with van der Waals surface area (Å²) in [5.41, 5.74) is 3.27. The predicted molar refractivity (Wildman–Crippen MR) is 108 cm³/mol. The molecule has 1 aliphatic rings. The van der Waals surface area contributed by atoms with Gasteiger partial charge in [0.1, 0.15) is 10.8 Å². The van der Waals surface area contributed by atoms with E-state index < -0.39 is 11.8 Å². The molecular formula is C22H22ClNO3. The molecule has 27 heavy (non-hydrogen) atoms. The van der Waals surface area contributed by atoms with E-state index in [0.29, 0.717) is 29.5 Å². The summed E-state index contributed by atoms with van der Waals surface area (Å²) in [5, 5.41) is -0.0586. The highest BCUT2D eigenvalue weighted by Crippen LogP contribution is 2.37. The number of carbonyl (C=O) groups excluding carboxylic acids is 2. The number of benzene rings is 2. The van der Waals surface area contributed by atoms with Crippen LogP contribution in [0.5, 0.6) is 5.75 Å². The van der Waals surface area contributed by atoms with Crippen LogP contribution in [0.1, 0.15) is 30.5 Å². The Morgan fingerprint density at radius 2 is 1.67 bits per heavy atom. The van der Waals surface area contributed by atoms with Crippen LogP contribution in [0.25, 0.3) is 5.57 Å². The largest absolute Gasteiger partial charge is 0.493 e. The topological polar surface area (TPSA) is 46.6 Å². The van der Waals surface area contributed by atoms with Crippen molar-refractivity contribution in [3.63, 3.8) is 0 Å². The Hall–Kier alpha value is -2.59. The second kappa shape index (κ2) is 7.57. The zero-order valence-electron chi connectivity index (χ0n) is 15.9. The third-order valence-corrected chi connectivity index (χ3v) is 4.92. The quantitative estimate of drug-likeness (QED) is 0.692. The van der Waals surface area contributed by atoms with Crippen LogP contribution in [0, 0.1) is 19.8 Å². The first-order chi connectivity index (χ1) is 12.8. The molecule has 0 aliphatic carbocycles. The van der Waals surface area contributed by atoms with Crippen molar-refractivity contribution >= 4 is 34.7 Å². The van der Waals surface area contributed by atoms with Gasteiger partial charge in [0.25, 0.3) is 11.8 Å². The van der Waals surface area contributed by atoms with Gasteiger partial charge >= 0.3 is 0 Å². The fourth-order valence-electron chi connectivity index (χ4n) is 2.93. The van der Waals surface area contributed by atoms with Crippen LogP contribution in [0.3, 0.4) is 0 Å². The molecule has 0 spiro atoms. The summed E-state index contributed by atoms with van der Waals surface area (Å²) in [7, 11) is 0. The third-order valence-electron chi connectivity index (χ3n) is 4.57. The molecule has 2 aromatic carbocycles. The van der Waals surface area contributed by atoms with Gasteiger partial charge < -0.3 is 4.74 Å². The minimum absolute atomic E-state index is 0.0586. The Bertz CT molecular complexity index is 929. The normalized spacial score (nSPS) is 14.5. The fourth-order valence-corrected chi connectivity index (χ4v) is 3.21. The number of nitrogens with zero attached hydrogens (tertiary/aromatic N) is 1. The minimum Gasteiger partial charge on any atom is -0.493 e. The molecule has 0 radical (unpaired) electrons. The van der Waals surface area contributed by atoms with E-state index in [9.17, 15) is 9.59 Å². The third kappa shape index (κ3) is 3.62. The lowest BCUT2D eigenvalue weighted by molar-refractivity contribution is -0.119. The Kier molecular flexibility index (Phi) is 5.38. The highest BCUT2D eigenvalue weighted by Gasteiger charge is 2.39. The molecule has 0 atom stereocenters. The van der Waals surface area contributed by atoms with Crippen molar-refractivity contribution in [2.75, 3.05) is 11.5 Å². The number of halogens is 1. The van der Waals surface area contributed by atoms with E-state index in [4.69, 9.17) is 16.3 Å². The smallest absolute Gasteiger partial charge is 0.277 e. The summed E-state index contributed by atoms with van der Waals surface area (Å²) >= 11 is 6.27. The summed E-state index contributed by atoms with van der Waals surface area (Å²) in [6.07, 6.45) is 0. The fraction of sp³-hybridized carbons (Fsp3) is 0.273. The maximum atomic E-state index is 13.0. The molecule has 0 fully saturated rings. The predicted octanol–water partition coefficient (Wildman–Crippen LogP) is 4.86. The van der Waals surface area contributed by atoms with Gasteiger partial charge in [-0.1, -0.05) is 49.7 Å². The van der Waals surface area contributed by atoms with Crippen molar-refractivity contribution in [3.05, 3.63) is 64.2 Å². The van der Waals surface area contributed by atoms with Gasteiger partial charge in [-0.25, -0.2) is 4.90 Å². The van der Waals surface area contributed by atoms with Gasteiger partial charge in [-0.2, -0.15) is 0 Å². The average molecular weight is 384 g/mol. The Morgan fingerprint density at radius 1 is 1.00 bits per heavy atom. The van der Waals surface area contributed by atoms with E-state index in [-0.39, 0.29) is 10.6 Å². The molecule has 0 saturated carbocycles. The van der Waals surface area contributed by atoms with E-state index in [0.717, 1.165) is 16.0 Å². The number of hydrogen-bond acceptors (Lipinski definition) is 3. The number of aryl methyl sites for hydroxylation is 1. The van der Waals surface area contributed by atoms with Crippen molar-refractivity contribution < 1.29 is 14.3 Å². The molecule has 1 aliphatic heterocycles. The molecule has 0 saturated heterocycles. The molecule has 140 valence electrons. The molecule has 0 unspecified atom stereocenters. The maximum absolute atomic E-state index is 13.0. The lowest BCUT2D eigenvalue weighted by Gasteiger charge is -2.18. The standard InChI is InChI=1S/C22H22ClNO3/c1-13(2)12-27-17-10-8-16(9-11-17)19-20(23)22(26)24(21(19)25)18-7-5-6-14(3)15(18)4/h5-11,13H,12H2,1-4H3. The molecule has 5 heteroatoms. The van der Waals surface area contributed by atoms with Crippen LogP contribution in [0.15, 0.2) is 47.5 Å². The molecule has 0 aromatic heterocycles.